The molecule has 1 aliphatic heterocycles. The number of fused-ring (bicyclic) bond motifs is 1. The van der Waals surface area contributed by atoms with Gasteiger partial charge >= 0.3 is 0 Å². The average Bonchev–Trinajstić information content (AvgIpc) is 2.93. The van der Waals surface area contributed by atoms with Gasteiger partial charge in [-0.05, 0) is 30.8 Å². The summed E-state index contributed by atoms with van der Waals surface area (Å²) in [6, 6.07) is 0.377. The molecule has 0 spiro atoms. The zero-order valence-electron chi connectivity index (χ0n) is 10.6. The molecule has 0 aromatic carbocycles. The van der Waals surface area contributed by atoms with Crippen molar-refractivity contribution in [2.24, 2.45) is 11.7 Å². The van der Waals surface area contributed by atoms with Crippen molar-refractivity contribution >= 4 is 27.6 Å². The van der Waals surface area contributed by atoms with Crippen LogP contribution >= 0.6 is 11.5 Å². The molecule has 2 atom stereocenters. The lowest BCUT2D eigenvalue weighted by molar-refractivity contribution is 0.518. The molecule has 3 rings (SSSR count). The Labute approximate surface area is 110 Å². The van der Waals surface area contributed by atoms with Gasteiger partial charge < -0.3 is 10.6 Å². The van der Waals surface area contributed by atoms with Gasteiger partial charge in [-0.3, -0.25) is 0 Å². The highest BCUT2D eigenvalue weighted by atomic mass is 32.1. The van der Waals surface area contributed by atoms with Crippen LogP contribution < -0.4 is 10.6 Å². The molecular formula is C12H17N5S. The van der Waals surface area contributed by atoms with Crippen LogP contribution in [0.2, 0.25) is 0 Å². The fourth-order valence-electron chi connectivity index (χ4n) is 2.75. The standard InChI is InChI=1S/C12H17N5S/c1-7-3-4-17(9(7)5-13)11-10-8(2)16-18-12(10)15-6-14-11/h6-7,9H,3-5,13H2,1-2H3. The minimum atomic E-state index is 0.377. The third-order valence-electron chi connectivity index (χ3n) is 3.82. The van der Waals surface area contributed by atoms with Gasteiger partial charge in [0.15, 0.2) is 0 Å². The Bertz CT molecular complexity index is 567. The van der Waals surface area contributed by atoms with Crippen LogP contribution in [0.25, 0.3) is 10.2 Å². The van der Waals surface area contributed by atoms with Gasteiger partial charge in [-0.2, -0.15) is 4.37 Å². The number of hydrogen-bond donors (Lipinski definition) is 1. The van der Waals surface area contributed by atoms with Crippen molar-refractivity contribution in [3.8, 4) is 0 Å². The maximum atomic E-state index is 5.91. The molecule has 2 N–H and O–H groups in total. The molecule has 1 saturated heterocycles. The van der Waals surface area contributed by atoms with Crippen LogP contribution in [-0.4, -0.2) is 33.5 Å². The monoisotopic (exact) mass is 263 g/mol. The fourth-order valence-corrected chi connectivity index (χ4v) is 3.49. The number of aromatic nitrogens is 3. The fraction of sp³-hybridized carbons (Fsp3) is 0.583. The smallest absolute Gasteiger partial charge is 0.149 e. The minimum absolute atomic E-state index is 0.377. The number of rotatable bonds is 2. The van der Waals surface area contributed by atoms with Gasteiger partial charge in [-0.15, -0.1) is 0 Å². The van der Waals surface area contributed by atoms with Crippen LogP contribution in [0.4, 0.5) is 5.82 Å². The largest absolute Gasteiger partial charge is 0.351 e. The third kappa shape index (κ3) is 1.67. The van der Waals surface area contributed by atoms with E-state index >= 15 is 0 Å². The molecule has 6 heteroatoms. The summed E-state index contributed by atoms with van der Waals surface area (Å²) in [6.45, 7) is 5.96. The van der Waals surface area contributed by atoms with Crippen molar-refractivity contribution in [3.05, 3.63) is 12.0 Å². The van der Waals surface area contributed by atoms with E-state index in [9.17, 15) is 0 Å². The van der Waals surface area contributed by atoms with Gasteiger partial charge in [0.1, 0.15) is 17.0 Å². The van der Waals surface area contributed by atoms with Gasteiger partial charge in [0.2, 0.25) is 0 Å². The van der Waals surface area contributed by atoms with Crippen LogP contribution in [0.5, 0.6) is 0 Å². The SMILES string of the molecule is Cc1nsc2ncnc(N3CCC(C)C3CN)c12. The van der Waals surface area contributed by atoms with E-state index in [1.807, 2.05) is 6.92 Å². The first-order valence-corrected chi connectivity index (χ1v) is 7.03. The molecule has 2 aromatic heterocycles. The number of anilines is 1. The average molecular weight is 263 g/mol. The maximum Gasteiger partial charge on any atom is 0.149 e. The quantitative estimate of drug-likeness (QED) is 0.890. The van der Waals surface area contributed by atoms with Gasteiger partial charge in [-0.25, -0.2) is 9.97 Å². The highest BCUT2D eigenvalue weighted by Gasteiger charge is 2.32. The molecule has 2 unspecified atom stereocenters. The summed E-state index contributed by atoms with van der Waals surface area (Å²) in [7, 11) is 0. The Hall–Kier alpha value is -1.27. The van der Waals surface area contributed by atoms with Gasteiger partial charge in [0.05, 0.1) is 11.1 Å². The van der Waals surface area contributed by atoms with Gasteiger partial charge in [0.25, 0.3) is 0 Å². The lowest BCUT2D eigenvalue weighted by Crippen LogP contribution is -2.39. The van der Waals surface area contributed by atoms with Crippen molar-refractivity contribution in [1.29, 1.82) is 0 Å². The number of hydrogen-bond acceptors (Lipinski definition) is 6. The summed E-state index contributed by atoms with van der Waals surface area (Å²) in [6.07, 6.45) is 2.80. The molecule has 5 nitrogen and oxygen atoms in total. The maximum absolute atomic E-state index is 5.91. The first kappa shape index (κ1) is 11.8. The molecule has 0 aliphatic carbocycles. The van der Waals surface area contributed by atoms with E-state index in [1.165, 1.54) is 18.0 Å². The second kappa shape index (κ2) is 4.44. The summed E-state index contributed by atoms with van der Waals surface area (Å²) in [5, 5.41) is 1.09. The summed E-state index contributed by atoms with van der Waals surface area (Å²) in [5.74, 6) is 1.62. The second-order valence-corrected chi connectivity index (χ2v) is 5.66. The molecule has 0 saturated carbocycles. The second-order valence-electron chi connectivity index (χ2n) is 4.91. The predicted molar refractivity (Wildman–Crippen MR) is 73.9 cm³/mol. The molecule has 0 bridgehead atoms. The summed E-state index contributed by atoms with van der Waals surface area (Å²) < 4.78 is 4.38. The van der Waals surface area contributed by atoms with E-state index in [-0.39, 0.29) is 0 Å². The minimum Gasteiger partial charge on any atom is -0.351 e. The Kier molecular flexibility index (Phi) is 2.91. The Morgan fingerprint density at radius 3 is 3.11 bits per heavy atom. The normalized spacial score (nSPS) is 24.1. The van der Waals surface area contributed by atoms with Crippen LogP contribution in [0, 0.1) is 12.8 Å². The lowest BCUT2D eigenvalue weighted by Gasteiger charge is -2.27. The lowest BCUT2D eigenvalue weighted by atomic mass is 10.0. The van der Waals surface area contributed by atoms with Crippen molar-refractivity contribution in [3.63, 3.8) is 0 Å². The van der Waals surface area contributed by atoms with E-state index in [4.69, 9.17) is 5.73 Å². The van der Waals surface area contributed by atoms with E-state index in [0.717, 1.165) is 28.3 Å². The molecule has 0 amide bonds. The highest BCUT2D eigenvalue weighted by molar-refractivity contribution is 7.13. The molecule has 1 aliphatic rings. The van der Waals surface area contributed by atoms with Crippen LogP contribution in [0.3, 0.4) is 0 Å². The predicted octanol–water partition coefficient (Wildman–Crippen LogP) is 1.57. The van der Waals surface area contributed by atoms with E-state index in [1.54, 1.807) is 6.33 Å². The summed E-state index contributed by atoms with van der Waals surface area (Å²) in [4.78, 5) is 12.1. The van der Waals surface area contributed by atoms with Crippen molar-refractivity contribution in [2.45, 2.75) is 26.3 Å². The molecule has 2 aromatic rings. The Morgan fingerprint density at radius 2 is 2.33 bits per heavy atom. The molecular weight excluding hydrogens is 246 g/mol. The zero-order chi connectivity index (χ0) is 12.7. The molecule has 18 heavy (non-hydrogen) atoms. The highest BCUT2D eigenvalue weighted by Crippen LogP contribution is 2.34. The molecule has 3 heterocycles. The van der Waals surface area contributed by atoms with Crippen LogP contribution in [0.15, 0.2) is 6.33 Å². The molecule has 0 radical (unpaired) electrons. The van der Waals surface area contributed by atoms with E-state index in [2.05, 4.69) is 26.2 Å². The number of nitrogens with two attached hydrogens (primary N) is 1. The van der Waals surface area contributed by atoms with E-state index < -0.39 is 0 Å². The van der Waals surface area contributed by atoms with Gasteiger partial charge in [0, 0.05) is 19.1 Å². The first-order valence-electron chi connectivity index (χ1n) is 6.26. The van der Waals surface area contributed by atoms with E-state index in [0.29, 0.717) is 18.5 Å². The van der Waals surface area contributed by atoms with Crippen molar-refractivity contribution in [2.75, 3.05) is 18.0 Å². The summed E-state index contributed by atoms with van der Waals surface area (Å²) >= 11 is 1.44. The van der Waals surface area contributed by atoms with Gasteiger partial charge in [-0.1, -0.05) is 6.92 Å². The molecule has 96 valence electrons. The van der Waals surface area contributed by atoms with Crippen LogP contribution in [-0.2, 0) is 0 Å². The summed E-state index contributed by atoms with van der Waals surface area (Å²) in [5.41, 5.74) is 6.93. The first-order chi connectivity index (χ1) is 8.72. The Morgan fingerprint density at radius 1 is 1.50 bits per heavy atom. The van der Waals surface area contributed by atoms with Crippen molar-refractivity contribution in [1.82, 2.24) is 14.3 Å². The number of nitrogens with zero attached hydrogens (tertiary/aromatic N) is 4. The third-order valence-corrected chi connectivity index (χ3v) is 4.67. The van der Waals surface area contributed by atoms with Crippen molar-refractivity contribution < 1.29 is 0 Å². The van der Waals surface area contributed by atoms with Crippen LogP contribution in [0.1, 0.15) is 19.0 Å². The zero-order valence-corrected chi connectivity index (χ0v) is 11.4. The molecule has 1 fully saturated rings. The number of aryl methyl sites for hydroxylation is 1. The topological polar surface area (TPSA) is 67.9 Å². The Balaban J connectivity index is 2.11.